The van der Waals surface area contributed by atoms with Gasteiger partial charge in [-0.15, -0.1) is 0 Å². The predicted molar refractivity (Wildman–Crippen MR) is 127 cm³/mol. The average molecular weight is 431 g/mol. The number of nitrogens with zero attached hydrogens (tertiary/aromatic N) is 2. The highest BCUT2D eigenvalue weighted by Gasteiger charge is 2.12. The second-order valence-corrected chi connectivity index (χ2v) is 8.74. The van der Waals surface area contributed by atoms with E-state index in [1.165, 1.54) is 22.3 Å². The molecule has 0 radical (unpaired) electrons. The van der Waals surface area contributed by atoms with Crippen LogP contribution in [0.3, 0.4) is 0 Å². The summed E-state index contributed by atoms with van der Waals surface area (Å²) >= 11 is 1.55. The molecule has 5 heteroatoms. The lowest BCUT2D eigenvalue weighted by molar-refractivity contribution is 0.0997. The molecule has 0 saturated carbocycles. The fourth-order valence-corrected chi connectivity index (χ4v) is 5.05. The molecule has 1 aromatic heterocycles. The van der Waals surface area contributed by atoms with E-state index in [1.807, 2.05) is 42.5 Å². The first kappa shape index (κ1) is 21.2. The van der Waals surface area contributed by atoms with Crippen LogP contribution < -0.4 is 4.80 Å². The molecule has 4 nitrogen and oxygen atoms in total. The van der Waals surface area contributed by atoms with Crippen LogP contribution >= 0.6 is 11.3 Å². The predicted octanol–water partition coefficient (Wildman–Crippen LogP) is 5.30. The first-order valence-electron chi connectivity index (χ1n) is 10.4. The van der Waals surface area contributed by atoms with E-state index >= 15 is 0 Å². The largest absolute Gasteiger partial charge is 0.383 e. The van der Waals surface area contributed by atoms with Gasteiger partial charge in [-0.1, -0.05) is 59.9 Å². The molecule has 0 N–H and O–H groups in total. The van der Waals surface area contributed by atoms with E-state index in [0.29, 0.717) is 23.5 Å². The summed E-state index contributed by atoms with van der Waals surface area (Å²) in [6, 6.07) is 22.4. The zero-order valence-corrected chi connectivity index (χ0v) is 18.9. The number of ether oxygens (including phenoxy) is 1. The summed E-state index contributed by atoms with van der Waals surface area (Å²) in [4.78, 5) is 18.1. The number of thiazole rings is 1. The highest BCUT2D eigenvalue weighted by molar-refractivity contribution is 7.16. The number of aryl methyl sites for hydroxylation is 2. The molecule has 0 bridgehead atoms. The van der Waals surface area contributed by atoms with Crippen LogP contribution in [-0.4, -0.2) is 24.2 Å². The van der Waals surface area contributed by atoms with Crippen molar-refractivity contribution in [2.75, 3.05) is 13.7 Å². The lowest BCUT2D eigenvalue weighted by Crippen LogP contribution is -2.19. The van der Waals surface area contributed by atoms with Crippen molar-refractivity contribution >= 4 is 27.5 Å². The van der Waals surface area contributed by atoms with E-state index in [4.69, 9.17) is 4.74 Å². The molecule has 0 saturated heterocycles. The van der Waals surface area contributed by atoms with Crippen LogP contribution in [0, 0.1) is 13.8 Å². The molecule has 1 amide bonds. The van der Waals surface area contributed by atoms with Gasteiger partial charge in [-0.25, -0.2) is 0 Å². The van der Waals surface area contributed by atoms with Crippen molar-refractivity contribution in [3.8, 4) is 0 Å². The zero-order chi connectivity index (χ0) is 21.8. The van der Waals surface area contributed by atoms with Gasteiger partial charge in [-0.3, -0.25) is 4.79 Å². The molecule has 0 aliphatic rings. The Morgan fingerprint density at radius 3 is 2.42 bits per heavy atom. The molecule has 31 heavy (non-hydrogen) atoms. The SMILES string of the molecule is COCCn1c(=NC(=O)c2ccc(Cc3ccccc3)cc2)sc2cc(C)cc(C)c21. The molecule has 4 aromatic rings. The molecule has 0 fully saturated rings. The molecular formula is C26H26N2O2S. The number of fused-ring (bicyclic) bond motifs is 1. The van der Waals surface area contributed by atoms with Gasteiger partial charge in [-0.2, -0.15) is 4.99 Å². The van der Waals surface area contributed by atoms with Crippen molar-refractivity contribution < 1.29 is 9.53 Å². The van der Waals surface area contributed by atoms with Crippen molar-refractivity contribution in [3.05, 3.63) is 99.3 Å². The highest BCUT2D eigenvalue weighted by Crippen LogP contribution is 2.23. The van der Waals surface area contributed by atoms with Gasteiger partial charge >= 0.3 is 0 Å². The molecule has 0 atom stereocenters. The van der Waals surface area contributed by atoms with Crippen molar-refractivity contribution in [3.63, 3.8) is 0 Å². The topological polar surface area (TPSA) is 43.6 Å². The Kier molecular flexibility index (Phi) is 6.44. The summed E-state index contributed by atoms with van der Waals surface area (Å²) < 4.78 is 8.53. The number of hydrogen-bond donors (Lipinski definition) is 0. The number of rotatable bonds is 6. The Morgan fingerprint density at radius 1 is 1.00 bits per heavy atom. The fraction of sp³-hybridized carbons (Fsp3) is 0.231. The molecule has 0 unspecified atom stereocenters. The second-order valence-electron chi connectivity index (χ2n) is 7.73. The monoisotopic (exact) mass is 430 g/mol. The smallest absolute Gasteiger partial charge is 0.279 e. The molecule has 4 rings (SSSR count). The van der Waals surface area contributed by atoms with Gasteiger partial charge in [0.2, 0.25) is 0 Å². The number of benzene rings is 3. The van der Waals surface area contributed by atoms with Gasteiger partial charge in [0.05, 0.1) is 16.8 Å². The van der Waals surface area contributed by atoms with Gasteiger partial charge < -0.3 is 9.30 Å². The van der Waals surface area contributed by atoms with Gasteiger partial charge in [0.15, 0.2) is 4.80 Å². The summed E-state index contributed by atoms with van der Waals surface area (Å²) in [5.41, 5.74) is 6.53. The maximum Gasteiger partial charge on any atom is 0.279 e. The first-order chi connectivity index (χ1) is 15.0. The Labute approximate surface area is 186 Å². The quantitative estimate of drug-likeness (QED) is 0.417. The van der Waals surface area contributed by atoms with Crippen LogP contribution in [-0.2, 0) is 17.7 Å². The third-order valence-electron chi connectivity index (χ3n) is 5.28. The number of amides is 1. The number of carbonyl (C=O) groups is 1. The minimum absolute atomic E-state index is 0.224. The zero-order valence-electron chi connectivity index (χ0n) is 18.1. The van der Waals surface area contributed by atoms with Crippen LogP contribution in [0.5, 0.6) is 0 Å². The normalized spacial score (nSPS) is 11.9. The van der Waals surface area contributed by atoms with Crippen molar-refractivity contribution in [1.82, 2.24) is 4.57 Å². The average Bonchev–Trinajstić information content (AvgIpc) is 3.10. The van der Waals surface area contributed by atoms with Gasteiger partial charge in [0, 0.05) is 19.2 Å². The Balaban J connectivity index is 1.66. The van der Waals surface area contributed by atoms with Crippen LogP contribution in [0.4, 0.5) is 0 Å². The molecular weight excluding hydrogens is 404 g/mol. The fourth-order valence-electron chi connectivity index (χ4n) is 3.82. The van der Waals surface area contributed by atoms with Crippen molar-refractivity contribution in [2.24, 2.45) is 4.99 Å². The molecule has 0 aliphatic carbocycles. The lowest BCUT2D eigenvalue weighted by atomic mass is 10.0. The first-order valence-corrected chi connectivity index (χ1v) is 11.2. The standard InChI is InChI=1S/C26H26N2O2S/c1-18-15-19(2)24-23(16-18)31-26(28(24)13-14-30-3)27-25(29)22-11-9-21(10-12-22)17-20-7-5-4-6-8-20/h4-12,15-16H,13-14,17H2,1-3H3. The van der Waals surface area contributed by atoms with Crippen molar-refractivity contribution in [2.45, 2.75) is 26.8 Å². The Morgan fingerprint density at radius 2 is 1.71 bits per heavy atom. The van der Waals surface area contributed by atoms with Crippen LogP contribution in [0.15, 0.2) is 71.7 Å². The van der Waals surface area contributed by atoms with E-state index in [2.05, 4.69) is 47.7 Å². The number of carbonyl (C=O) groups excluding carboxylic acids is 1. The Bertz CT molecular complexity index is 1270. The van der Waals surface area contributed by atoms with Crippen LogP contribution in [0.25, 0.3) is 10.2 Å². The number of methoxy groups -OCH3 is 1. The van der Waals surface area contributed by atoms with Gasteiger partial charge in [-0.05, 0) is 60.7 Å². The van der Waals surface area contributed by atoms with E-state index < -0.39 is 0 Å². The summed E-state index contributed by atoms with van der Waals surface area (Å²) in [5.74, 6) is -0.224. The molecule has 0 spiro atoms. The summed E-state index contributed by atoms with van der Waals surface area (Å²) in [5, 5.41) is 0. The summed E-state index contributed by atoms with van der Waals surface area (Å²) in [7, 11) is 1.69. The molecule has 1 heterocycles. The summed E-state index contributed by atoms with van der Waals surface area (Å²) in [6.07, 6.45) is 0.846. The van der Waals surface area contributed by atoms with E-state index in [1.54, 1.807) is 18.4 Å². The minimum atomic E-state index is -0.224. The van der Waals surface area contributed by atoms with Gasteiger partial charge in [0.25, 0.3) is 5.91 Å². The van der Waals surface area contributed by atoms with Gasteiger partial charge in [0.1, 0.15) is 0 Å². The third kappa shape index (κ3) is 4.84. The number of aromatic nitrogens is 1. The maximum absolute atomic E-state index is 12.9. The highest BCUT2D eigenvalue weighted by atomic mass is 32.1. The summed E-state index contributed by atoms with van der Waals surface area (Å²) in [6.45, 7) is 5.41. The van der Waals surface area contributed by atoms with E-state index in [9.17, 15) is 4.79 Å². The van der Waals surface area contributed by atoms with Crippen LogP contribution in [0.1, 0.15) is 32.6 Å². The minimum Gasteiger partial charge on any atom is -0.383 e. The lowest BCUT2D eigenvalue weighted by Gasteiger charge is -2.07. The van der Waals surface area contributed by atoms with E-state index in [0.717, 1.165) is 16.6 Å². The molecule has 3 aromatic carbocycles. The van der Waals surface area contributed by atoms with E-state index in [-0.39, 0.29) is 5.91 Å². The van der Waals surface area contributed by atoms with Crippen molar-refractivity contribution in [1.29, 1.82) is 0 Å². The third-order valence-corrected chi connectivity index (χ3v) is 6.31. The Hall–Kier alpha value is -3.02. The molecule has 158 valence electrons. The van der Waals surface area contributed by atoms with Crippen LogP contribution in [0.2, 0.25) is 0 Å². The molecule has 0 aliphatic heterocycles. The maximum atomic E-state index is 12.9. The second kappa shape index (κ2) is 9.41. The number of hydrogen-bond acceptors (Lipinski definition) is 3.